The van der Waals surface area contributed by atoms with Gasteiger partial charge in [0.05, 0.1) is 0 Å². The average Bonchev–Trinajstić information content (AvgIpc) is 2.46. The second-order valence-electron chi connectivity index (χ2n) is 5.76. The van der Waals surface area contributed by atoms with Gasteiger partial charge in [-0.15, -0.1) is 0 Å². The largest absolute Gasteiger partial charge is 0.478 e. The summed E-state index contributed by atoms with van der Waals surface area (Å²) in [5.41, 5.74) is 2.02. The quantitative estimate of drug-likeness (QED) is 0.790. The van der Waals surface area contributed by atoms with Crippen molar-refractivity contribution in [2.45, 2.75) is 32.1 Å². The van der Waals surface area contributed by atoms with Crippen LogP contribution < -0.4 is 4.90 Å². The molecule has 21 heavy (non-hydrogen) atoms. The van der Waals surface area contributed by atoms with Crippen molar-refractivity contribution >= 4 is 33.7 Å². The van der Waals surface area contributed by atoms with Gasteiger partial charge in [-0.1, -0.05) is 35.2 Å². The average molecular weight is 352 g/mol. The molecular weight excluding hydrogens is 330 g/mol. The molecule has 0 heterocycles. The normalized spacial score (nSPS) is 16.3. The van der Waals surface area contributed by atoms with Gasteiger partial charge in [-0.05, 0) is 48.6 Å². The van der Waals surface area contributed by atoms with Gasteiger partial charge in [0.1, 0.15) is 0 Å². The van der Waals surface area contributed by atoms with Gasteiger partial charge in [-0.25, -0.2) is 4.79 Å². The van der Waals surface area contributed by atoms with E-state index in [1.165, 1.54) is 38.2 Å². The van der Waals surface area contributed by atoms with Gasteiger partial charge in [-0.2, -0.15) is 0 Å². The predicted octanol–water partition coefficient (Wildman–Crippen LogP) is 4.56. The highest BCUT2D eigenvalue weighted by Crippen LogP contribution is 2.29. The second kappa shape index (κ2) is 7.64. The molecule has 0 saturated heterocycles. The van der Waals surface area contributed by atoms with Crippen molar-refractivity contribution in [3.05, 3.63) is 34.3 Å². The molecular formula is C17H22BrNO2. The summed E-state index contributed by atoms with van der Waals surface area (Å²) < 4.78 is 0.961. The molecule has 0 unspecified atom stereocenters. The molecule has 0 bridgehead atoms. The van der Waals surface area contributed by atoms with Crippen LogP contribution in [0.5, 0.6) is 0 Å². The molecule has 114 valence electrons. The van der Waals surface area contributed by atoms with Gasteiger partial charge in [0.15, 0.2) is 0 Å². The van der Waals surface area contributed by atoms with E-state index in [9.17, 15) is 4.79 Å². The molecule has 1 aliphatic rings. The van der Waals surface area contributed by atoms with Crippen molar-refractivity contribution in [3.63, 3.8) is 0 Å². The minimum absolute atomic E-state index is 0.753. The maximum absolute atomic E-state index is 10.7. The topological polar surface area (TPSA) is 40.5 Å². The fourth-order valence-corrected chi connectivity index (χ4v) is 3.40. The maximum atomic E-state index is 10.7. The number of carboxylic acids is 1. The molecule has 1 aliphatic carbocycles. The van der Waals surface area contributed by atoms with Gasteiger partial charge in [0.2, 0.25) is 0 Å². The Kier molecular flexibility index (Phi) is 5.85. The lowest BCUT2D eigenvalue weighted by Crippen LogP contribution is -2.27. The Morgan fingerprint density at radius 3 is 2.76 bits per heavy atom. The first-order chi connectivity index (χ1) is 10.1. The molecule has 1 fully saturated rings. The Balaban J connectivity index is 2.14. The number of hydrogen-bond donors (Lipinski definition) is 1. The zero-order chi connectivity index (χ0) is 15.2. The molecule has 0 atom stereocenters. The smallest absolute Gasteiger partial charge is 0.328 e. The Morgan fingerprint density at radius 1 is 1.38 bits per heavy atom. The summed E-state index contributed by atoms with van der Waals surface area (Å²) in [6, 6.07) is 6.02. The van der Waals surface area contributed by atoms with Crippen molar-refractivity contribution in [1.29, 1.82) is 0 Å². The zero-order valence-electron chi connectivity index (χ0n) is 12.4. The lowest BCUT2D eigenvalue weighted by molar-refractivity contribution is -0.131. The first kappa shape index (κ1) is 16.1. The molecule has 1 N–H and O–H groups in total. The van der Waals surface area contributed by atoms with Gasteiger partial charge < -0.3 is 10.0 Å². The van der Waals surface area contributed by atoms with E-state index in [0.717, 1.165) is 28.2 Å². The third-order valence-corrected chi connectivity index (χ3v) is 4.56. The van der Waals surface area contributed by atoms with E-state index >= 15 is 0 Å². The predicted molar refractivity (Wildman–Crippen MR) is 90.7 cm³/mol. The molecule has 0 radical (unpaired) electrons. The SMILES string of the molecule is CN(CC1CCCCC1)c1ccc(Br)cc1/C=C/C(=O)O. The number of rotatable bonds is 5. The van der Waals surface area contributed by atoms with Crippen LogP contribution in [0.2, 0.25) is 0 Å². The van der Waals surface area contributed by atoms with Crippen LogP contribution >= 0.6 is 15.9 Å². The summed E-state index contributed by atoms with van der Waals surface area (Å²) in [7, 11) is 2.09. The van der Waals surface area contributed by atoms with Crippen LogP contribution in [0.3, 0.4) is 0 Å². The van der Waals surface area contributed by atoms with Gasteiger partial charge in [-0.3, -0.25) is 0 Å². The first-order valence-corrected chi connectivity index (χ1v) is 8.27. The van der Waals surface area contributed by atoms with Crippen LogP contribution in [0.15, 0.2) is 28.7 Å². The van der Waals surface area contributed by atoms with E-state index in [1.807, 2.05) is 12.1 Å². The standard InChI is InChI=1S/C17H22BrNO2/c1-19(12-13-5-3-2-4-6-13)16-9-8-15(18)11-14(16)7-10-17(20)21/h7-11,13H,2-6,12H2,1H3,(H,20,21)/b10-7+. The number of carboxylic acid groups (broad SMARTS) is 1. The summed E-state index contributed by atoms with van der Waals surface area (Å²) >= 11 is 3.45. The molecule has 1 aromatic rings. The number of hydrogen-bond acceptors (Lipinski definition) is 2. The Morgan fingerprint density at radius 2 is 2.10 bits per heavy atom. The molecule has 3 nitrogen and oxygen atoms in total. The molecule has 0 spiro atoms. The van der Waals surface area contributed by atoms with E-state index < -0.39 is 5.97 Å². The first-order valence-electron chi connectivity index (χ1n) is 7.48. The highest BCUT2D eigenvalue weighted by atomic mass is 79.9. The monoisotopic (exact) mass is 351 g/mol. The van der Waals surface area contributed by atoms with Crippen molar-refractivity contribution in [2.24, 2.45) is 5.92 Å². The van der Waals surface area contributed by atoms with Crippen molar-refractivity contribution in [3.8, 4) is 0 Å². The van der Waals surface area contributed by atoms with Crippen LogP contribution in [0, 0.1) is 5.92 Å². The van der Waals surface area contributed by atoms with Gasteiger partial charge >= 0.3 is 5.97 Å². The van der Waals surface area contributed by atoms with E-state index in [1.54, 1.807) is 6.08 Å². The fraction of sp³-hybridized carbons (Fsp3) is 0.471. The summed E-state index contributed by atoms with van der Waals surface area (Å²) in [6.45, 7) is 1.04. The van der Waals surface area contributed by atoms with E-state index in [-0.39, 0.29) is 0 Å². The lowest BCUT2D eigenvalue weighted by Gasteiger charge is -2.29. The maximum Gasteiger partial charge on any atom is 0.328 e. The molecule has 0 aliphatic heterocycles. The highest BCUT2D eigenvalue weighted by Gasteiger charge is 2.16. The molecule has 4 heteroatoms. The van der Waals surface area contributed by atoms with Gasteiger partial charge in [0, 0.05) is 29.8 Å². The van der Waals surface area contributed by atoms with Crippen molar-refractivity contribution < 1.29 is 9.90 Å². The van der Waals surface area contributed by atoms with Crippen LogP contribution in [0.4, 0.5) is 5.69 Å². The third kappa shape index (κ3) is 4.88. The van der Waals surface area contributed by atoms with E-state index in [2.05, 4.69) is 33.9 Å². The number of nitrogens with zero attached hydrogens (tertiary/aromatic N) is 1. The van der Waals surface area contributed by atoms with E-state index in [0.29, 0.717) is 0 Å². The Labute approximate surface area is 134 Å². The minimum atomic E-state index is -0.921. The Bertz CT molecular complexity index is 522. The zero-order valence-corrected chi connectivity index (χ0v) is 14.0. The summed E-state index contributed by atoms with van der Waals surface area (Å²) in [5.74, 6) is -0.167. The van der Waals surface area contributed by atoms with Crippen molar-refractivity contribution in [1.82, 2.24) is 0 Å². The van der Waals surface area contributed by atoms with Crippen LogP contribution in [0.25, 0.3) is 6.08 Å². The summed E-state index contributed by atoms with van der Waals surface area (Å²) in [5, 5.41) is 8.82. The van der Waals surface area contributed by atoms with Crippen molar-refractivity contribution in [2.75, 3.05) is 18.5 Å². The lowest BCUT2D eigenvalue weighted by atomic mass is 9.89. The highest BCUT2D eigenvalue weighted by molar-refractivity contribution is 9.10. The minimum Gasteiger partial charge on any atom is -0.478 e. The van der Waals surface area contributed by atoms with Gasteiger partial charge in [0.25, 0.3) is 0 Å². The second-order valence-corrected chi connectivity index (χ2v) is 6.67. The van der Waals surface area contributed by atoms with Crippen LogP contribution in [-0.2, 0) is 4.79 Å². The summed E-state index contributed by atoms with van der Waals surface area (Å²) in [4.78, 5) is 13.0. The Hall–Kier alpha value is -1.29. The number of halogens is 1. The summed E-state index contributed by atoms with van der Waals surface area (Å²) in [6.07, 6.45) is 9.52. The van der Waals surface area contributed by atoms with E-state index in [4.69, 9.17) is 5.11 Å². The third-order valence-electron chi connectivity index (χ3n) is 4.06. The van der Waals surface area contributed by atoms with Crippen LogP contribution in [-0.4, -0.2) is 24.7 Å². The molecule has 2 rings (SSSR count). The number of aliphatic carboxylic acids is 1. The number of benzene rings is 1. The molecule has 1 saturated carbocycles. The fourth-order valence-electron chi connectivity index (χ4n) is 3.02. The van der Waals surface area contributed by atoms with Crippen LogP contribution in [0.1, 0.15) is 37.7 Å². The molecule has 0 aromatic heterocycles. The molecule has 0 amide bonds. The number of carbonyl (C=O) groups is 1. The number of anilines is 1. The molecule has 1 aromatic carbocycles.